The number of fused-ring (bicyclic) bond motifs is 2. The maximum atomic E-state index is 13.5. The molecule has 5 rings (SSSR count). The van der Waals surface area contributed by atoms with Crippen LogP contribution in [-0.4, -0.2) is 15.3 Å². The van der Waals surface area contributed by atoms with Gasteiger partial charge in [0.2, 0.25) is 5.95 Å². The largest absolute Gasteiger partial charge is 0.333 e. The van der Waals surface area contributed by atoms with E-state index in [1.807, 2.05) is 35.8 Å². The monoisotopic (exact) mass is 373 g/mol. The van der Waals surface area contributed by atoms with Crippen LogP contribution in [0, 0.1) is 6.92 Å². The molecule has 5 nitrogen and oxygen atoms in total. The lowest BCUT2D eigenvalue weighted by molar-refractivity contribution is 0.101. The fourth-order valence-corrected chi connectivity index (χ4v) is 4.38. The molecule has 1 saturated carbocycles. The number of ketones is 1. The number of aryl methyl sites for hydroxylation is 1. The molecular weight excluding hydrogens is 350 g/mol. The highest BCUT2D eigenvalue weighted by Crippen LogP contribution is 2.36. The first kappa shape index (κ1) is 17.2. The molecular formula is C23H23N3O2. The Hall–Kier alpha value is -2.95. The van der Waals surface area contributed by atoms with Crippen molar-refractivity contribution in [3.8, 4) is 0 Å². The Balaban J connectivity index is 1.76. The first-order valence-corrected chi connectivity index (χ1v) is 9.92. The Morgan fingerprint density at radius 1 is 1.11 bits per heavy atom. The summed E-state index contributed by atoms with van der Waals surface area (Å²) in [6, 6.07) is 12.3. The first-order valence-electron chi connectivity index (χ1n) is 9.92. The van der Waals surface area contributed by atoms with Crippen LogP contribution in [0.3, 0.4) is 0 Å². The van der Waals surface area contributed by atoms with E-state index >= 15 is 0 Å². The van der Waals surface area contributed by atoms with Crippen LogP contribution in [0.25, 0.3) is 10.9 Å². The van der Waals surface area contributed by atoms with Gasteiger partial charge in [-0.25, -0.2) is 4.98 Å². The van der Waals surface area contributed by atoms with Crippen molar-refractivity contribution in [3.05, 3.63) is 69.0 Å². The van der Waals surface area contributed by atoms with Crippen molar-refractivity contribution in [2.45, 2.75) is 52.2 Å². The van der Waals surface area contributed by atoms with E-state index in [1.54, 1.807) is 6.92 Å². The highest BCUT2D eigenvalue weighted by molar-refractivity contribution is 6.05. The third-order valence-corrected chi connectivity index (χ3v) is 6.07. The molecule has 0 radical (unpaired) electrons. The number of Topliss-reactive ketones (excluding diaryl/α,β-unsaturated/α-hetero) is 1. The maximum absolute atomic E-state index is 13.5. The lowest BCUT2D eigenvalue weighted by Crippen LogP contribution is -2.35. The van der Waals surface area contributed by atoms with Crippen molar-refractivity contribution in [1.29, 1.82) is 0 Å². The molecule has 3 aromatic rings. The molecule has 1 aliphatic carbocycles. The average molecular weight is 373 g/mol. The Morgan fingerprint density at radius 2 is 1.79 bits per heavy atom. The lowest BCUT2D eigenvalue weighted by atomic mass is 9.92. The van der Waals surface area contributed by atoms with Crippen molar-refractivity contribution in [2.24, 2.45) is 0 Å². The van der Waals surface area contributed by atoms with Gasteiger partial charge in [0, 0.05) is 24.7 Å². The number of anilines is 1. The minimum absolute atomic E-state index is 0.0214. The van der Waals surface area contributed by atoms with Crippen LogP contribution in [0.15, 0.2) is 41.2 Å². The van der Waals surface area contributed by atoms with Crippen molar-refractivity contribution in [3.63, 3.8) is 0 Å². The Bertz CT molecular complexity index is 1150. The van der Waals surface area contributed by atoms with Crippen molar-refractivity contribution in [1.82, 2.24) is 9.55 Å². The van der Waals surface area contributed by atoms with Gasteiger partial charge in [-0.05, 0) is 61.9 Å². The molecule has 0 saturated heterocycles. The lowest BCUT2D eigenvalue weighted by Gasteiger charge is -2.32. The molecule has 2 aromatic carbocycles. The van der Waals surface area contributed by atoms with Crippen LogP contribution in [-0.2, 0) is 13.1 Å². The summed E-state index contributed by atoms with van der Waals surface area (Å²) < 4.78 is 1.89. The molecule has 0 amide bonds. The summed E-state index contributed by atoms with van der Waals surface area (Å²) in [5.41, 5.74) is 4.50. The van der Waals surface area contributed by atoms with E-state index in [0.717, 1.165) is 37.9 Å². The molecule has 2 aliphatic rings. The Labute approximate surface area is 163 Å². The van der Waals surface area contributed by atoms with E-state index in [4.69, 9.17) is 4.98 Å². The van der Waals surface area contributed by atoms with Crippen molar-refractivity contribution < 1.29 is 4.79 Å². The number of hydrogen-bond donors (Lipinski definition) is 0. The predicted octanol–water partition coefficient (Wildman–Crippen LogP) is 4.15. The molecule has 1 aliphatic heterocycles. The average Bonchev–Trinajstić information content (AvgIpc) is 3.06. The van der Waals surface area contributed by atoms with Crippen molar-refractivity contribution in [2.75, 3.05) is 4.90 Å². The number of carbonyl (C=O) groups is 1. The summed E-state index contributed by atoms with van der Waals surface area (Å²) in [4.78, 5) is 32.9. The van der Waals surface area contributed by atoms with Gasteiger partial charge in [0.15, 0.2) is 5.78 Å². The molecule has 28 heavy (non-hydrogen) atoms. The van der Waals surface area contributed by atoms with E-state index in [9.17, 15) is 9.59 Å². The van der Waals surface area contributed by atoms with E-state index < -0.39 is 0 Å². The van der Waals surface area contributed by atoms with Crippen LogP contribution in [0.4, 0.5) is 5.95 Å². The third-order valence-electron chi connectivity index (χ3n) is 6.07. The number of benzene rings is 2. The van der Waals surface area contributed by atoms with E-state index in [1.165, 1.54) is 11.1 Å². The molecule has 2 heterocycles. The number of carbonyl (C=O) groups excluding carboxylic acids is 1. The van der Waals surface area contributed by atoms with Crippen LogP contribution < -0.4 is 10.5 Å². The fourth-order valence-electron chi connectivity index (χ4n) is 4.38. The highest BCUT2D eigenvalue weighted by Gasteiger charge is 2.30. The summed E-state index contributed by atoms with van der Waals surface area (Å²) in [6.45, 7) is 4.94. The summed E-state index contributed by atoms with van der Waals surface area (Å²) in [5.74, 6) is 0.641. The molecule has 0 N–H and O–H groups in total. The summed E-state index contributed by atoms with van der Waals surface area (Å²) in [7, 11) is 0. The van der Waals surface area contributed by atoms with E-state index in [2.05, 4.69) is 17.0 Å². The van der Waals surface area contributed by atoms with Gasteiger partial charge in [-0.15, -0.1) is 0 Å². The number of nitrogens with zero attached hydrogens (tertiary/aromatic N) is 3. The second-order valence-electron chi connectivity index (χ2n) is 8.06. The Kier molecular flexibility index (Phi) is 3.86. The second-order valence-corrected chi connectivity index (χ2v) is 8.06. The van der Waals surface area contributed by atoms with Crippen LogP contribution in [0.1, 0.15) is 59.3 Å². The molecule has 1 fully saturated rings. The number of rotatable bonds is 3. The SMILES string of the molecule is CC(=O)c1cc(C)cc2c(=O)n(C3CCC3)c(N3Cc4ccccc4C3)nc12. The van der Waals surface area contributed by atoms with Gasteiger partial charge in [-0.1, -0.05) is 24.3 Å². The van der Waals surface area contributed by atoms with Gasteiger partial charge in [0.1, 0.15) is 0 Å². The zero-order valence-corrected chi connectivity index (χ0v) is 16.2. The summed E-state index contributed by atoms with van der Waals surface area (Å²) in [5, 5.41) is 0.553. The highest BCUT2D eigenvalue weighted by atomic mass is 16.1. The topological polar surface area (TPSA) is 55.2 Å². The molecule has 0 atom stereocenters. The van der Waals surface area contributed by atoms with Crippen LogP contribution >= 0.6 is 0 Å². The number of aromatic nitrogens is 2. The summed E-state index contributed by atoms with van der Waals surface area (Å²) in [6.07, 6.45) is 3.15. The Morgan fingerprint density at radius 3 is 2.36 bits per heavy atom. The van der Waals surface area contributed by atoms with Gasteiger partial charge >= 0.3 is 0 Å². The molecule has 5 heteroatoms. The molecule has 1 aromatic heterocycles. The van der Waals surface area contributed by atoms with Crippen LogP contribution in [0.2, 0.25) is 0 Å². The quantitative estimate of drug-likeness (QED) is 0.647. The molecule has 0 bridgehead atoms. The van der Waals surface area contributed by atoms with Gasteiger partial charge in [0.25, 0.3) is 5.56 Å². The van der Waals surface area contributed by atoms with E-state index in [0.29, 0.717) is 22.4 Å². The predicted molar refractivity (Wildman–Crippen MR) is 110 cm³/mol. The zero-order chi connectivity index (χ0) is 19.4. The van der Waals surface area contributed by atoms with Gasteiger partial charge < -0.3 is 4.90 Å². The standard InChI is InChI=1S/C23H23N3O2/c1-14-10-19(15(2)27)21-20(11-14)22(28)26(18-8-5-9-18)23(24-21)25-12-16-6-3-4-7-17(16)13-25/h3-4,6-7,10-11,18H,5,8-9,12-13H2,1-2H3. The van der Waals surface area contributed by atoms with Crippen LogP contribution in [0.5, 0.6) is 0 Å². The minimum Gasteiger partial charge on any atom is -0.333 e. The summed E-state index contributed by atoms with van der Waals surface area (Å²) >= 11 is 0. The molecule has 142 valence electrons. The normalized spacial score (nSPS) is 16.3. The molecule has 0 spiro atoms. The van der Waals surface area contributed by atoms with E-state index in [-0.39, 0.29) is 17.4 Å². The zero-order valence-electron chi connectivity index (χ0n) is 16.2. The van der Waals surface area contributed by atoms with Gasteiger partial charge in [-0.2, -0.15) is 0 Å². The minimum atomic E-state index is -0.0577. The van der Waals surface area contributed by atoms with Gasteiger partial charge in [0.05, 0.1) is 10.9 Å². The molecule has 0 unspecified atom stereocenters. The van der Waals surface area contributed by atoms with Gasteiger partial charge in [-0.3, -0.25) is 14.2 Å². The fraction of sp³-hybridized carbons (Fsp3) is 0.348. The maximum Gasteiger partial charge on any atom is 0.263 e. The smallest absolute Gasteiger partial charge is 0.263 e. The van der Waals surface area contributed by atoms with Crippen molar-refractivity contribution >= 4 is 22.6 Å². The third kappa shape index (κ3) is 2.57. The first-order chi connectivity index (χ1) is 13.5. The second kappa shape index (κ2) is 6.30. The number of hydrogen-bond acceptors (Lipinski definition) is 4.